The Morgan fingerprint density at radius 1 is 1.30 bits per heavy atom. The van der Waals surface area contributed by atoms with Gasteiger partial charge in [-0.05, 0) is 12.8 Å². The fourth-order valence-corrected chi connectivity index (χ4v) is 0.931. The molecule has 0 bridgehead atoms. The first-order valence-electron chi connectivity index (χ1n) is 5.97. The molecule has 0 rings (SSSR count). The van der Waals surface area contributed by atoms with Gasteiger partial charge in [0.15, 0.2) is 6.10 Å². The second-order valence-electron chi connectivity index (χ2n) is 4.87. The van der Waals surface area contributed by atoms with Crippen molar-refractivity contribution >= 4 is 11.9 Å². The van der Waals surface area contributed by atoms with Crippen LogP contribution in [0.2, 0.25) is 0 Å². The lowest BCUT2D eigenvalue weighted by Gasteiger charge is -2.25. The molecule has 0 amide bonds. The maximum absolute atomic E-state index is 10.3. The Kier molecular flexibility index (Phi) is 10.5. The molecule has 0 aliphatic carbocycles. The number of unbranched alkanes of at least 4 members (excludes halogenated alkanes) is 1. The van der Waals surface area contributed by atoms with E-state index in [1.165, 1.54) is 0 Å². The zero-order valence-corrected chi connectivity index (χ0v) is 11.6. The highest BCUT2D eigenvalue weighted by molar-refractivity contribution is 5.74. The third kappa shape index (κ3) is 9.27. The highest BCUT2D eigenvalue weighted by Gasteiger charge is 2.30. The Balaban J connectivity index is 0. The molecule has 0 fully saturated rings. The van der Waals surface area contributed by atoms with Crippen LogP contribution < -0.4 is 5.73 Å². The number of aliphatic hydroxyl groups is 2. The molecule has 0 aliphatic rings. The Bertz CT molecular complexity index is 350. The van der Waals surface area contributed by atoms with E-state index in [-0.39, 0.29) is 13.0 Å². The molecule has 116 valence electrons. The predicted octanol–water partition coefficient (Wildman–Crippen LogP) is -0.457. The van der Waals surface area contributed by atoms with Gasteiger partial charge in [0.1, 0.15) is 6.04 Å². The molecular formula is C12H22N2O6. The standard InChI is InChI=1S/C6H13NO3.C6H9NO3/c1-6(2,3-8)4(7)5(9)10;7-4-2-1-3-5(8)6(9)10/h4,8H,3,7H2,1-2H3,(H,9,10);5,8H,1-3H2,(H,9,10). The molecule has 6 N–H and O–H groups in total. The summed E-state index contributed by atoms with van der Waals surface area (Å²) in [5.74, 6) is -2.31. The molecule has 2 atom stereocenters. The van der Waals surface area contributed by atoms with Crippen LogP contribution in [0.5, 0.6) is 0 Å². The second-order valence-corrected chi connectivity index (χ2v) is 4.87. The van der Waals surface area contributed by atoms with Crippen molar-refractivity contribution in [2.24, 2.45) is 11.1 Å². The molecule has 0 saturated carbocycles. The molecule has 0 aromatic carbocycles. The topological polar surface area (TPSA) is 165 Å². The van der Waals surface area contributed by atoms with E-state index in [0.29, 0.717) is 12.8 Å². The van der Waals surface area contributed by atoms with Crippen LogP contribution in [-0.4, -0.2) is 51.1 Å². The minimum absolute atomic E-state index is 0.156. The number of rotatable bonds is 7. The van der Waals surface area contributed by atoms with Crippen LogP contribution in [0.4, 0.5) is 0 Å². The van der Waals surface area contributed by atoms with Gasteiger partial charge in [-0.3, -0.25) is 4.79 Å². The summed E-state index contributed by atoms with van der Waals surface area (Å²) in [5.41, 5.74) is 4.50. The third-order valence-electron chi connectivity index (χ3n) is 2.57. The lowest BCUT2D eigenvalue weighted by Crippen LogP contribution is -2.45. The minimum Gasteiger partial charge on any atom is -0.480 e. The first-order valence-corrected chi connectivity index (χ1v) is 5.97. The van der Waals surface area contributed by atoms with Gasteiger partial charge in [0.2, 0.25) is 0 Å². The molecule has 0 saturated heterocycles. The van der Waals surface area contributed by atoms with Crippen molar-refractivity contribution < 1.29 is 30.0 Å². The zero-order valence-electron chi connectivity index (χ0n) is 11.6. The maximum Gasteiger partial charge on any atom is 0.332 e. The molecule has 0 aromatic heterocycles. The molecule has 0 aromatic rings. The number of aliphatic carboxylic acids is 2. The largest absolute Gasteiger partial charge is 0.480 e. The number of hydrogen-bond donors (Lipinski definition) is 5. The van der Waals surface area contributed by atoms with E-state index >= 15 is 0 Å². The predicted molar refractivity (Wildman–Crippen MR) is 69.6 cm³/mol. The monoisotopic (exact) mass is 290 g/mol. The Morgan fingerprint density at radius 3 is 2.05 bits per heavy atom. The molecule has 0 heterocycles. The lowest BCUT2D eigenvalue weighted by molar-refractivity contribution is -0.147. The fraction of sp³-hybridized carbons (Fsp3) is 0.750. The summed E-state index contributed by atoms with van der Waals surface area (Å²) >= 11 is 0. The first-order chi connectivity index (χ1) is 9.10. The van der Waals surface area contributed by atoms with E-state index in [1.54, 1.807) is 13.8 Å². The van der Waals surface area contributed by atoms with Gasteiger partial charge in [0, 0.05) is 11.8 Å². The van der Waals surface area contributed by atoms with Crippen LogP contribution in [0.25, 0.3) is 0 Å². The van der Waals surface area contributed by atoms with Crippen molar-refractivity contribution in [2.75, 3.05) is 6.61 Å². The molecule has 8 heteroatoms. The van der Waals surface area contributed by atoms with Crippen LogP contribution in [0.1, 0.15) is 33.1 Å². The van der Waals surface area contributed by atoms with Crippen LogP contribution in [0, 0.1) is 16.7 Å². The lowest BCUT2D eigenvalue weighted by atomic mass is 9.86. The molecule has 20 heavy (non-hydrogen) atoms. The van der Waals surface area contributed by atoms with Crippen LogP contribution in [0.3, 0.4) is 0 Å². The van der Waals surface area contributed by atoms with E-state index in [1.807, 2.05) is 6.07 Å². The second kappa shape index (κ2) is 10.1. The Hall–Kier alpha value is -1.69. The molecule has 0 aliphatic heterocycles. The quantitative estimate of drug-likeness (QED) is 0.393. The van der Waals surface area contributed by atoms with Crippen molar-refractivity contribution in [3.05, 3.63) is 0 Å². The Labute approximate surface area is 117 Å². The summed E-state index contributed by atoms with van der Waals surface area (Å²) < 4.78 is 0. The maximum atomic E-state index is 10.3. The number of carboxylic acids is 2. The van der Waals surface area contributed by atoms with Crippen molar-refractivity contribution in [1.29, 1.82) is 5.26 Å². The van der Waals surface area contributed by atoms with E-state index in [4.69, 9.17) is 31.4 Å². The number of carboxylic acid groups (broad SMARTS) is 2. The smallest absolute Gasteiger partial charge is 0.332 e. The molecule has 0 spiro atoms. The van der Waals surface area contributed by atoms with Gasteiger partial charge in [-0.15, -0.1) is 0 Å². The van der Waals surface area contributed by atoms with Gasteiger partial charge in [-0.2, -0.15) is 5.26 Å². The van der Waals surface area contributed by atoms with Crippen molar-refractivity contribution in [1.82, 2.24) is 0 Å². The van der Waals surface area contributed by atoms with Crippen molar-refractivity contribution in [3.63, 3.8) is 0 Å². The third-order valence-corrected chi connectivity index (χ3v) is 2.57. The van der Waals surface area contributed by atoms with E-state index < -0.39 is 29.5 Å². The Morgan fingerprint density at radius 2 is 1.80 bits per heavy atom. The SMILES string of the molecule is CC(C)(CO)C(N)C(=O)O.N#CCCCC(O)C(=O)O. The van der Waals surface area contributed by atoms with Crippen molar-refractivity contribution in [3.8, 4) is 6.07 Å². The van der Waals surface area contributed by atoms with Gasteiger partial charge in [0.05, 0.1) is 12.7 Å². The minimum atomic E-state index is -1.31. The number of aliphatic hydroxyl groups excluding tert-OH is 2. The van der Waals surface area contributed by atoms with Crippen LogP contribution in [-0.2, 0) is 9.59 Å². The van der Waals surface area contributed by atoms with Crippen LogP contribution in [0.15, 0.2) is 0 Å². The van der Waals surface area contributed by atoms with Gasteiger partial charge >= 0.3 is 11.9 Å². The van der Waals surface area contributed by atoms with E-state index in [9.17, 15) is 9.59 Å². The van der Waals surface area contributed by atoms with Gasteiger partial charge in [-0.25, -0.2) is 4.79 Å². The number of nitrogens with two attached hydrogens (primary N) is 1. The molecule has 2 unspecified atom stereocenters. The van der Waals surface area contributed by atoms with E-state index in [2.05, 4.69) is 0 Å². The summed E-state index contributed by atoms with van der Waals surface area (Å²) in [5, 5.41) is 41.9. The highest BCUT2D eigenvalue weighted by atomic mass is 16.4. The molecule has 0 radical (unpaired) electrons. The highest BCUT2D eigenvalue weighted by Crippen LogP contribution is 2.17. The summed E-state index contributed by atoms with van der Waals surface area (Å²) in [6.07, 6.45) is -0.426. The summed E-state index contributed by atoms with van der Waals surface area (Å²) in [7, 11) is 0. The number of nitriles is 1. The van der Waals surface area contributed by atoms with Gasteiger partial charge in [-0.1, -0.05) is 13.8 Å². The average Bonchev–Trinajstić information content (AvgIpc) is 2.38. The normalized spacial score (nSPS) is 13.4. The number of hydrogen-bond acceptors (Lipinski definition) is 6. The number of carbonyl (C=O) groups is 2. The zero-order chi connectivity index (χ0) is 16.3. The molecular weight excluding hydrogens is 268 g/mol. The summed E-state index contributed by atoms with van der Waals surface area (Å²) in [6.45, 7) is 2.98. The van der Waals surface area contributed by atoms with E-state index in [0.717, 1.165) is 0 Å². The van der Waals surface area contributed by atoms with Crippen molar-refractivity contribution in [2.45, 2.75) is 45.3 Å². The van der Waals surface area contributed by atoms with Crippen LogP contribution >= 0.6 is 0 Å². The fourth-order valence-electron chi connectivity index (χ4n) is 0.931. The van der Waals surface area contributed by atoms with Gasteiger partial charge in [0.25, 0.3) is 0 Å². The first kappa shape index (κ1) is 20.6. The molecule has 8 nitrogen and oxygen atoms in total. The summed E-state index contributed by atoms with van der Waals surface area (Å²) in [6, 6.07) is 0.856. The summed E-state index contributed by atoms with van der Waals surface area (Å²) in [4.78, 5) is 20.2. The average molecular weight is 290 g/mol. The number of nitrogens with zero attached hydrogens (tertiary/aromatic N) is 1. The van der Waals surface area contributed by atoms with Gasteiger partial charge < -0.3 is 26.2 Å².